The van der Waals surface area contributed by atoms with Crippen LogP contribution >= 0.6 is 0 Å². The fraction of sp³-hybridized carbons (Fsp3) is 0.786. The van der Waals surface area contributed by atoms with Crippen molar-refractivity contribution in [3.8, 4) is 0 Å². The zero-order chi connectivity index (χ0) is 14.4. The Balaban J connectivity index is 1.81. The number of aromatic nitrogens is 3. The molecular weight excluding hydrogens is 256 g/mol. The summed E-state index contributed by atoms with van der Waals surface area (Å²) < 4.78 is 1.79. The molecule has 2 heterocycles. The second-order valence-electron chi connectivity index (χ2n) is 5.34. The van der Waals surface area contributed by atoms with E-state index in [1.807, 2.05) is 4.90 Å². The molecule has 1 aliphatic rings. The van der Waals surface area contributed by atoms with Gasteiger partial charge in [-0.05, 0) is 6.42 Å². The predicted molar refractivity (Wildman–Crippen MR) is 74.7 cm³/mol. The lowest BCUT2D eigenvalue weighted by Gasteiger charge is -2.27. The number of hydrogen-bond acceptors (Lipinski definition) is 4. The molecule has 1 aromatic rings. The van der Waals surface area contributed by atoms with Gasteiger partial charge in [-0.1, -0.05) is 37.8 Å². The molecule has 20 heavy (non-hydrogen) atoms. The Labute approximate surface area is 119 Å². The Hall–Kier alpha value is -1.43. The molecule has 0 aromatic carbocycles. The zero-order valence-electron chi connectivity index (χ0n) is 12.2. The Morgan fingerprint density at radius 3 is 2.80 bits per heavy atom. The largest absolute Gasteiger partial charge is 0.390 e. The lowest BCUT2D eigenvalue weighted by atomic mass is 10.1. The molecule has 0 radical (unpaired) electrons. The van der Waals surface area contributed by atoms with Crippen molar-refractivity contribution < 1.29 is 9.90 Å². The molecule has 1 N–H and O–H groups in total. The standard InChI is InChI=1S/C14H24N4O2/c1-2-3-4-5-6-7-14(20)17-8-9-18-13(10-17)12(11-19)15-16-18/h19H,2-11H2,1H3. The van der Waals surface area contributed by atoms with Crippen molar-refractivity contribution in [1.82, 2.24) is 19.9 Å². The van der Waals surface area contributed by atoms with Gasteiger partial charge >= 0.3 is 0 Å². The summed E-state index contributed by atoms with van der Waals surface area (Å²) >= 11 is 0. The smallest absolute Gasteiger partial charge is 0.222 e. The van der Waals surface area contributed by atoms with Gasteiger partial charge in [0.05, 0.1) is 25.4 Å². The Morgan fingerprint density at radius 1 is 1.25 bits per heavy atom. The summed E-state index contributed by atoms with van der Waals surface area (Å²) in [5.41, 5.74) is 1.46. The van der Waals surface area contributed by atoms with Crippen LogP contribution in [0.1, 0.15) is 56.8 Å². The minimum atomic E-state index is -0.117. The van der Waals surface area contributed by atoms with Crippen LogP contribution in [0.25, 0.3) is 0 Å². The first-order valence-corrected chi connectivity index (χ1v) is 7.56. The van der Waals surface area contributed by atoms with Gasteiger partial charge in [-0.2, -0.15) is 0 Å². The van der Waals surface area contributed by atoms with Crippen molar-refractivity contribution in [3.63, 3.8) is 0 Å². The summed E-state index contributed by atoms with van der Waals surface area (Å²) in [5, 5.41) is 17.1. The molecule has 0 unspecified atom stereocenters. The molecule has 112 valence electrons. The number of nitrogens with zero attached hydrogens (tertiary/aromatic N) is 4. The average Bonchev–Trinajstić information content (AvgIpc) is 2.89. The molecule has 0 bridgehead atoms. The first-order valence-electron chi connectivity index (χ1n) is 7.56. The molecule has 6 heteroatoms. The Bertz CT molecular complexity index is 431. The lowest BCUT2D eigenvalue weighted by molar-refractivity contribution is -0.132. The van der Waals surface area contributed by atoms with Crippen molar-refractivity contribution in [2.24, 2.45) is 0 Å². The van der Waals surface area contributed by atoms with Gasteiger partial charge < -0.3 is 10.0 Å². The summed E-state index contributed by atoms with van der Waals surface area (Å²) in [6.07, 6.45) is 6.42. The molecule has 0 saturated heterocycles. The van der Waals surface area contributed by atoms with E-state index in [9.17, 15) is 9.90 Å². The minimum Gasteiger partial charge on any atom is -0.390 e. The molecule has 0 atom stereocenters. The molecule has 0 aliphatic carbocycles. The first-order chi connectivity index (χ1) is 9.76. The summed E-state index contributed by atoms with van der Waals surface area (Å²) in [6, 6.07) is 0. The third-order valence-corrected chi connectivity index (χ3v) is 3.84. The van der Waals surface area contributed by atoms with Gasteiger partial charge in [-0.15, -0.1) is 5.10 Å². The Morgan fingerprint density at radius 2 is 2.05 bits per heavy atom. The fourth-order valence-corrected chi connectivity index (χ4v) is 2.57. The number of hydrogen-bond donors (Lipinski definition) is 1. The zero-order valence-corrected chi connectivity index (χ0v) is 12.2. The van der Waals surface area contributed by atoms with Gasteiger partial charge in [0.15, 0.2) is 0 Å². The highest BCUT2D eigenvalue weighted by Gasteiger charge is 2.24. The number of carbonyl (C=O) groups is 1. The van der Waals surface area contributed by atoms with Gasteiger partial charge in [0.2, 0.25) is 5.91 Å². The van der Waals surface area contributed by atoms with Crippen molar-refractivity contribution in [2.45, 2.75) is 65.1 Å². The van der Waals surface area contributed by atoms with Gasteiger partial charge in [0.1, 0.15) is 5.69 Å². The number of aliphatic hydroxyl groups excluding tert-OH is 1. The van der Waals surface area contributed by atoms with Gasteiger partial charge in [0.25, 0.3) is 0 Å². The number of carbonyl (C=O) groups excluding carboxylic acids is 1. The second-order valence-corrected chi connectivity index (χ2v) is 5.34. The maximum Gasteiger partial charge on any atom is 0.222 e. The number of fused-ring (bicyclic) bond motifs is 1. The van der Waals surface area contributed by atoms with Gasteiger partial charge in [-0.25, -0.2) is 4.68 Å². The first kappa shape index (κ1) is 15.0. The van der Waals surface area contributed by atoms with Crippen LogP contribution in [0.15, 0.2) is 0 Å². The van der Waals surface area contributed by atoms with Crippen molar-refractivity contribution in [2.75, 3.05) is 6.54 Å². The van der Waals surface area contributed by atoms with Crippen LogP contribution in [0.5, 0.6) is 0 Å². The highest BCUT2D eigenvalue weighted by Crippen LogP contribution is 2.16. The van der Waals surface area contributed by atoms with Crippen molar-refractivity contribution >= 4 is 5.91 Å². The summed E-state index contributed by atoms with van der Waals surface area (Å²) in [4.78, 5) is 14.0. The lowest BCUT2D eigenvalue weighted by Crippen LogP contribution is -2.38. The van der Waals surface area contributed by atoms with Crippen LogP contribution in [0.2, 0.25) is 0 Å². The fourth-order valence-electron chi connectivity index (χ4n) is 2.57. The average molecular weight is 280 g/mol. The topological polar surface area (TPSA) is 71.2 Å². The van der Waals surface area contributed by atoms with E-state index in [4.69, 9.17) is 0 Å². The molecule has 1 aromatic heterocycles. The Kier molecular flexibility index (Phi) is 5.52. The predicted octanol–water partition coefficient (Wildman–Crippen LogP) is 1.47. The van der Waals surface area contributed by atoms with E-state index < -0.39 is 0 Å². The molecule has 0 saturated carbocycles. The summed E-state index contributed by atoms with van der Waals surface area (Å²) in [5.74, 6) is 0.206. The SMILES string of the molecule is CCCCCCCC(=O)N1CCn2nnc(CO)c2C1. The van der Waals surface area contributed by atoms with Crippen LogP contribution in [-0.4, -0.2) is 37.5 Å². The van der Waals surface area contributed by atoms with Crippen LogP contribution in [-0.2, 0) is 24.5 Å². The van der Waals surface area contributed by atoms with E-state index in [0.717, 1.165) is 18.5 Å². The summed E-state index contributed by atoms with van der Waals surface area (Å²) in [6.45, 7) is 3.96. The maximum atomic E-state index is 12.2. The van der Waals surface area contributed by atoms with E-state index in [2.05, 4.69) is 17.2 Å². The highest BCUT2D eigenvalue weighted by atomic mass is 16.3. The number of aliphatic hydroxyl groups is 1. The van der Waals surface area contributed by atoms with Gasteiger partial charge in [0, 0.05) is 13.0 Å². The van der Waals surface area contributed by atoms with Crippen LogP contribution in [0.3, 0.4) is 0 Å². The molecule has 0 fully saturated rings. The normalized spacial score (nSPS) is 14.4. The van der Waals surface area contributed by atoms with Gasteiger partial charge in [-0.3, -0.25) is 4.79 Å². The number of amides is 1. The highest BCUT2D eigenvalue weighted by molar-refractivity contribution is 5.76. The van der Waals surface area contributed by atoms with Crippen molar-refractivity contribution in [1.29, 1.82) is 0 Å². The van der Waals surface area contributed by atoms with Crippen LogP contribution < -0.4 is 0 Å². The number of unbranched alkanes of at least 4 members (excludes halogenated alkanes) is 4. The summed E-state index contributed by atoms with van der Waals surface area (Å²) in [7, 11) is 0. The van der Waals surface area contributed by atoms with Crippen LogP contribution in [0.4, 0.5) is 0 Å². The third-order valence-electron chi connectivity index (χ3n) is 3.84. The molecule has 1 amide bonds. The van der Waals surface area contributed by atoms with E-state index in [1.165, 1.54) is 19.3 Å². The molecular formula is C14H24N4O2. The van der Waals surface area contributed by atoms with Crippen LogP contribution in [0, 0.1) is 0 Å². The monoisotopic (exact) mass is 280 g/mol. The van der Waals surface area contributed by atoms with Crippen molar-refractivity contribution in [3.05, 3.63) is 11.4 Å². The molecule has 0 spiro atoms. The quantitative estimate of drug-likeness (QED) is 0.768. The van der Waals surface area contributed by atoms with E-state index in [-0.39, 0.29) is 12.5 Å². The molecule has 2 rings (SSSR count). The molecule has 1 aliphatic heterocycles. The minimum absolute atomic E-state index is 0.117. The maximum absolute atomic E-state index is 12.2. The van der Waals surface area contributed by atoms with E-state index >= 15 is 0 Å². The number of rotatable bonds is 7. The molecule has 6 nitrogen and oxygen atoms in total. The second kappa shape index (κ2) is 7.38. The van der Waals surface area contributed by atoms with E-state index in [1.54, 1.807) is 4.68 Å². The third kappa shape index (κ3) is 3.56. The van der Waals surface area contributed by atoms with E-state index in [0.29, 0.717) is 31.7 Å².